The predicted molar refractivity (Wildman–Crippen MR) is 160 cm³/mol. The maximum Gasteiger partial charge on any atom is 0.259 e. The van der Waals surface area contributed by atoms with Crippen molar-refractivity contribution in [3.05, 3.63) is 120 Å². The second kappa shape index (κ2) is 11.4. The highest BCUT2D eigenvalue weighted by Gasteiger charge is 2.46. The van der Waals surface area contributed by atoms with Gasteiger partial charge in [0.15, 0.2) is 0 Å². The first-order valence-corrected chi connectivity index (χ1v) is 13.9. The van der Waals surface area contributed by atoms with Gasteiger partial charge in [0.2, 0.25) is 5.91 Å². The SMILES string of the molecule is COc1ccc([C@H]2[C@@H](C(=O)N3CCN(c4ccccc4)CC3)c3ccccc3C(=O)N2c2ccc(OC)cc2)cc1. The number of carbonyl (C=O) groups is 2. The van der Waals surface area contributed by atoms with Gasteiger partial charge in [-0.3, -0.25) is 14.5 Å². The van der Waals surface area contributed by atoms with Crippen molar-refractivity contribution in [2.45, 2.75) is 12.0 Å². The first-order valence-electron chi connectivity index (χ1n) is 13.9. The summed E-state index contributed by atoms with van der Waals surface area (Å²) in [4.78, 5) is 34.8. The molecule has 2 amide bonds. The first-order chi connectivity index (χ1) is 20.1. The molecule has 6 rings (SSSR count). The molecule has 1 fully saturated rings. The summed E-state index contributed by atoms with van der Waals surface area (Å²) in [6, 6.07) is 32.4. The van der Waals surface area contributed by atoms with Gasteiger partial charge in [-0.25, -0.2) is 0 Å². The number of para-hydroxylation sites is 1. The lowest BCUT2D eigenvalue weighted by Gasteiger charge is -2.44. The van der Waals surface area contributed by atoms with Crippen LogP contribution in [0.2, 0.25) is 0 Å². The predicted octanol–water partition coefficient (Wildman–Crippen LogP) is 5.54. The molecule has 0 N–H and O–H groups in total. The summed E-state index contributed by atoms with van der Waals surface area (Å²) < 4.78 is 10.8. The highest BCUT2D eigenvalue weighted by atomic mass is 16.5. The number of ether oxygens (including phenoxy) is 2. The minimum Gasteiger partial charge on any atom is -0.497 e. The lowest BCUT2D eigenvalue weighted by molar-refractivity contribution is -0.133. The van der Waals surface area contributed by atoms with Gasteiger partial charge in [-0.2, -0.15) is 0 Å². The van der Waals surface area contributed by atoms with E-state index in [2.05, 4.69) is 17.0 Å². The normalized spacial score (nSPS) is 18.6. The average molecular weight is 548 g/mol. The maximum absolute atomic E-state index is 14.6. The van der Waals surface area contributed by atoms with Gasteiger partial charge in [0.25, 0.3) is 5.91 Å². The molecule has 7 nitrogen and oxygen atoms in total. The first kappa shape index (κ1) is 26.4. The Morgan fingerprint density at radius 2 is 1.27 bits per heavy atom. The summed E-state index contributed by atoms with van der Waals surface area (Å²) in [6.07, 6.45) is 0. The topological polar surface area (TPSA) is 62.3 Å². The standard InChI is InChI=1S/C34H33N3O4/c1-40-27-16-12-24(13-17-27)32-31(34(39)36-22-20-35(21-23-36)25-8-4-3-5-9-25)29-10-6-7-11-30(29)33(38)37(32)26-14-18-28(41-2)19-15-26/h3-19,31-32H,20-23H2,1-2H3/t31-,32-/m0/s1. The van der Waals surface area contributed by atoms with Gasteiger partial charge in [0, 0.05) is 43.1 Å². The molecule has 41 heavy (non-hydrogen) atoms. The van der Waals surface area contributed by atoms with Gasteiger partial charge < -0.3 is 19.3 Å². The summed E-state index contributed by atoms with van der Waals surface area (Å²) in [6.45, 7) is 2.72. The molecular formula is C34H33N3O4. The molecule has 2 heterocycles. The molecule has 2 atom stereocenters. The third-order valence-corrected chi connectivity index (χ3v) is 8.13. The van der Waals surface area contributed by atoms with Crippen LogP contribution in [0, 0.1) is 0 Å². The molecule has 4 aromatic carbocycles. The Morgan fingerprint density at radius 1 is 0.683 bits per heavy atom. The molecule has 4 aromatic rings. The van der Waals surface area contributed by atoms with Crippen molar-refractivity contribution >= 4 is 23.2 Å². The van der Waals surface area contributed by atoms with Gasteiger partial charge in [-0.15, -0.1) is 0 Å². The number of hydrogen-bond donors (Lipinski definition) is 0. The van der Waals surface area contributed by atoms with Crippen molar-refractivity contribution in [2.75, 3.05) is 50.2 Å². The van der Waals surface area contributed by atoms with Gasteiger partial charge >= 0.3 is 0 Å². The number of benzene rings is 4. The second-order valence-electron chi connectivity index (χ2n) is 10.3. The molecule has 208 valence electrons. The van der Waals surface area contributed by atoms with Crippen LogP contribution in [0.3, 0.4) is 0 Å². The van der Waals surface area contributed by atoms with Gasteiger partial charge in [-0.05, 0) is 65.7 Å². The van der Waals surface area contributed by atoms with E-state index in [9.17, 15) is 9.59 Å². The number of anilines is 2. The van der Waals surface area contributed by atoms with Crippen LogP contribution in [0.5, 0.6) is 11.5 Å². The number of carbonyl (C=O) groups excluding carboxylic acids is 2. The molecule has 0 spiro atoms. The van der Waals surface area contributed by atoms with Crippen LogP contribution >= 0.6 is 0 Å². The third kappa shape index (κ3) is 4.99. The van der Waals surface area contributed by atoms with Crippen molar-refractivity contribution in [1.82, 2.24) is 4.90 Å². The fraction of sp³-hybridized carbons (Fsp3) is 0.235. The third-order valence-electron chi connectivity index (χ3n) is 8.13. The average Bonchev–Trinajstić information content (AvgIpc) is 3.05. The molecule has 2 aliphatic rings. The highest BCUT2D eigenvalue weighted by Crippen LogP contribution is 2.46. The van der Waals surface area contributed by atoms with E-state index in [1.807, 2.05) is 95.9 Å². The van der Waals surface area contributed by atoms with Crippen LogP contribution in [0.25, 0.3) is 0 Å². The summed E-state index contributed by atoms with van der Waals surface area (Å²) in [5.41, 5.74) is 4.05. The van der Waals surface area contributed by atoms with Crippen LogP contribution < -0.4 is 19.3 Å². The number of amides is 2. The summed E-state index contributed by atoms with van der Waals surface area (Å²) >= 11 is 0. The van der Waals surface area contributed by atoms with Crippen molar-refractivity contribution in [3.63, 3.8) is 0 Å². The highest BCUT2D eigenvalue weighted by molar-refractivity contribution is 6.11. The summed E-state index contributed by atoms with van der Waals surface area (Å²) in [7, 11) is 3.24. The molecule has 0 radical (unpaired) electrons. The number of piperazine rings is 1. The minimum absolute atomic E-state index is 0.0250. The molecule has 0 saturated carbocycles. The summed E-state index contributed by atoms with van der Waals surface area (Å²) in [5, 5.41) is 0. The van der Waals surface area contributed by atoms with Gasteiger partial charge in [0.05, 0.1) is 26.2 Å². The quantitative estimate of drug-likeness (QED) is 0.317. The van der Waals surface area contributed by atoms with E-state index in [0.717, 1.165) is 29.9 Å². The Labute approximate surface area is 240 Å². The van der Waals surface area contributed by atoms with E-state index in [-0.39, 0.29) is 11.8 Å². The van der Waals surface area contributed by atoms with E-state index in [1.54, 1.807) is 19.1 Å². The number of hydrogen-bond acceptors (Lipinski definition) is 5. The zero-order valence-corrected chi connectivity index (χ0v) is 23.3. The Balaban J connectivity index is 1.41. The zero-order valence-electron chi connectivity index (χ0n) is 23.3. The van der Waals surface area contributed by atoms with E-state index < -0.39 is 12.0 Å². The van der Waals surface area contributed by atoms with Crippen LogP contribution in [-0.2, 0) is 4.79 Å². The molecule has 0 aromatic heterocycles. The Morgan fingerprint density at radius 3 is 1.90 bits per heavy atom. The van der Waals surface area contributed by atoms with E-state index >= 15 is 0 Å². The number of fused-ring (bicyclic) bond motifs is 1. The number of rotatable bonds is 6. The lowest BCUT2D eigenvalue weighted by atomic mass is 9.78. The Bertz CT molecular complexity index is 1510. The summed E-state index contributed by atoms with van der Waals surface area (Å²) in [5.74, 6) is 0.722. The fourth-order valence-electron chi connectivity index (χ4n) is 5.99. The van der Waals surface area contributed by atoms with E-state index in [0.29, 0.717) is 35.8 Å². The van der Waals surface area contributed by atoms with E-state index in [4.69, 9.17) is 9.47 Å². The van der Waals surface area contributed by atoms with E-state index in [1.165, 1.54) is 0 Å². The second-order valence-corrected chi connectivity index (χ2v) is 10.3. The zero-order chi connectivity index (χ0) is 28.3. The lowest BCUT2D eigenvalue weighted by Crippen LogP contribution is -2.53. The maximum atomic E-state index is 14.6. The van der Waals surface area contributed by atoms with Crippen LogP contribution in [-0.4, -0.2) is 57.1 Å². The van der Waals surface area contributed by atoms with Crippen molar-refractivity contribution in [1.29, 1.82) is 0 Å². The Hall–Kier alpha value is -4.78. The van der Waals surface area contributed by atoms with Gasteiger partial charge in [0.1, 0.15) is 11.5 Å². The number of methoxy groups -OCH3 is 2. The van der Waals surface area contributed by atoms with Crippen LogP contribution in [0.1, 0.15) is 33.4 Å². The molecule has 7 heteroatoms. The molecule has 1 saturated heterocycles. The number of nitrogens with zero attached hydrogens (tertiary/aromatic N) is 3. The van der Waals surface area contributed by atoms with Crippen LogP contribution in [0.4, 0.5) is 11.4 Å². The van der Waals surface area contributed by atoms with Crippen LogP contribution in [0.15, 0.2) is 103 Å². The molecule has 0 unspecified atom stereocenters. The van der Waals surface area contributed by atoms with Gasteiger partial charge in [-0.1, -0.05) is 48.5 Å². The molecular weight excluding hydrogens is 514 g/mol. The fourth-order valence-corrected chi connectivity index (χ4v) is 5.99. The molecule has 2 aliphatic heterocycles. The Kier molecular flexibility index (Phi) is 7.33. The largest absolute Gasteiger partial charge is 0.497 e. The monoisotopic (exact) mass is 547 g/mol. The molecule has 0 aliphatic carbocycles. The molecule has 0 bridgehead atoms. The smallest absolute Gasteiger partial charge is 0.259 e. The van der Waals surface area contributed by atoms with Crippen molar-refractivity contribution in [3.8, 4) is 11.5 Å². The minimum atomic E-state index is -0.581. The van der Waals surface area contributed by atoms with Crippen molar-refractivity contribution < 1.29 is 19.1 Å². The van der Waals surface area contributed by atoms with Crippen molar-refractivity contribution in [2.24, 2.45) is 0 Å².